The second kappa shape index (κ2) is 6.11. The summed E-state index contributed by atoms with van der Waals surface area (Å²) in [4.78, 5) is 15.8. The van der Waals surface area contributed by atoms with Crippen molar-refractivity contribution in [1.29, 1.82) is 0 Å². The summed E-state index contributed by atoms with van der Waals surface area (Å²) in [5.41, 5.74) is 4.63. The molecule has 0 radical (unpaired) electrons. The van der Waals surface area contributed by atoms with E-state index in [1.54, 1.807) is 30.6 Å². The number of aryl methyl sites for hydroxylation is 1. The van der Waals surface area contributed by atoms with E-state index in [9.17, 15) is 4.79 Å². The third kappa shape index (κ3) is 3.63. The predicted octanol–water partition coefficient (Wildman–Crippen LogP) is 2.81. The van der Waals surface area contributed by atoms with Gasteiger partial charge in [-0.25, -0.2) is 5.43 Å². The summed E-state index contributed by atoms with van der Waals surface area (Å²) in [5.74, 6) is -0.342. The Kier molecular flexibility index (Phi) is 4.26. The van der Waals surface area contributed by atoms with Gasteiger partial charge in [-0.3, -0.25) is 9.78 Å². The number of carbonyl (C=O) groups is 1. The summed E-state index contributed by atoms with van der Waals surface area (Å²) in [6, 6.07) is 8.86. The molecular weight excluding hydrogens is 262 g/mol. The van der Waals surface area contributed by atoms with E-state index < -0.39 is 0 Å². The van der Waals surface area contributed by atoms with Crippen LogP contribution in [0.25, 0.3) is 0 Å². The van der Waals surface area contributed by atoms with Gasteiger partial charge in [0.25, 0.3) is 5.91 Å². The van der Waals surface area contributed by atoms with Gasteiger partial charge in [0.15, 0.2) is 0 Å². The van der Waals surface area contributed by atoms with Gasteiger partial charge in [0.1, 0.15) is 0 Å². The van der Waals surface area contributed by atoms with Crippen LogP contribution in [0.4, 0.5) is 0 Å². The predicted molar refractivity (Wildman–Crippen MR) is 75.5 cm³/mol. The minimum Gasteiger partial charge on any atom is -0.267 e. The maximum absolute atomic E-state index is 11.8. The number of hydrogen-bond acceptors (Lipinski definition) is 3. The fourth-order valence-electron chi connectivity index (χ4n) is 1.48. The molecule has 1 amide bonds. The summed E-state index contributed by atoms with van der Waals surface area (Å²) in [5, 5.41) is 4.27. The Morgan fingerprint density at radius 1 is 1.42 bits per heavy atom. The van der Waals surface area contributed by atoms with Crippen molar-refractivity contribution in [2.24, 2.45) is 5.10 Å². The van der Waals surface area contributed by atoms with Crippen LogP contribution in [0.1, 0.15) is 21.5 Å². The Balaban J connectivity index is 2.04. The van der Waals surface area contributed by atoms with Gasteiger partial charge >= 0.3 is 0 Å². The van der Waals surface area contributed by atoms with Crippen LogP contribution in [0.5, 0.6) is 0 Å². The van der Waals surface area contributed by atoms with Gasteiger partial charge in [0.05, 0.1) is 16.8 Å². The van der Waals surface area contributed by atoms with E-state index in [2.05, 4.69) is 15.5 Å². The van der Waals surface area contributed by atoms with Crippen LogP contribution >= 0.6 is 11.6 Å². The number of amides is 1. The number of nitrogens with zero attached hydrogens (tertiary/aromatic N) is 2. The van der Waals surface area contributed by atoms with E-state index in [4.69, 9.17) is 11.6 Å². The van der Waals surface area contributed by atoms with E-state index in [1.807, 2.05) is 19.1 Å². The van der Waals surface area contributed by atoms with Crippen molar-refractivity contribution in [3.8, 4) is 0 Å². The zero-order valence-electron chi connectivity index (χ0n) is 10.3. The molecule has 0 aliphatic heterocycles. The molecule has 19 heavy (non-hydrogen) atoms. The lowest BCUT2D eigenvalue weighted by Gasteiger charge is -2.03. The third-order valence-electron chi connectivity index (χ3n) is 2.43. The van der Waals surface area contributed by atoms with Gasteiger partial charge in [-0.05, 0) is 30.7 Å². The fraction of sp³-hybridized carbons (Fsp3) is 0.0714. The van der Waals surface area contributed by atoms with E-state index in [-0.39, 0.29) is 5.91 Å². The Labute approximate surface area is 116 Å². The Bertz CT molecular complexity index is 611. The molecule has 0 aliphatic carbocycles. The lowest BCUT2D eigenvalue weighted by molar-refractivity contribution is 0.0955. The molecule has 1 aromatic heterocycles. The standard InChI is InChI=1S/C14H12ClN3O/c1-10-4-5-12(13(15)7-10)14(19)18-17-9-11-3-2-6-16-8-11/h2-9H,1H3,(H,18,19). The molecular formula is C14H12ClN3O. The molecule has 0 spiro atoms. The number of carbonyl (C=O) groups excluding carboxylic acids is 1. The molecule has 1 N–H and O–H groups in total. The van der Waals surface area contributed by atoms with Crippen LogP contribution in [0.2, 0.25) is 5.02 Å². The number of pyridine rings is 1. The first kappa shape index (κ1) is 13.2. The maximum atomic E-state index is 11.8. The smallest absolute Gasteiger partial charge is 0.267 e. The summed E-state index contributed by atoms with van der Waals surface area (Å²) >= 11 is 6.00. The van der Waals surface area contributed by atoms with Crippen molar-refractivity contribution in [2.75, 3.05) is 0 Å². The van der Waals surface area contributed by atoms with Crippen molar-refractivity contribution in [2.45, 2.75) is 6.92 Å². The third-order valence-corrected chi connectivity index (χ3v) is 2.75. The van der Waals surface area contributed by atoms with Crippen molar-refractivity contribution in [1.82, 2.24) is 10.4 Å². The Morgan fingerprint density at radius 2 is 2.26 bits per heavy atom. The molecule has 1 aromatic carbocycles. The van der Waals surface area contributed by atoms with E-state index in [1.165, 1.54) is 6.21 Å². The number of halogens is 1. The highest BCUT2D eigenvalue weighted by Gasteiger charge is 2.08. The second-order valence-corrected chi connectivity index (χ2v) is 4.38. The first-order valence-corrected chi connectivity index (χ1v) is 6.04. The molecule has 0 bridgehead atoms. The normalized spacial score (nSPS) is 10.6. The zero-order valence-corrected chi connectivity index (χ0v) is 11.1. The Morgan fingerprint density at radius 3 is 2.95 bits per heavy atom. The van der Waals surface area contributed by atoms with Crippen LogP contribution in [0.15, 0.2) is 47.8 Å². The SMILES string of the molecule is Cc1ccc(C(=O)NN=Cc2cccnc2)c(Cl)c1. The van der Waals surface area contributed by atoms with E-state index in [0.29, 0.717) is 10.6 Å². The van der Waals surface area contributed by atoms with Gasteiger partial charge in [0, 0.05) is 18.0 Å². The van der Waals surface area contributed by atoms with Gasteiger partial charge in [-0.15, -0.1) is 0 Å². The molecule has 2 rings (SSSR count). The Hall–Kier alpha value is -2.20. The van der Waals surface area contributed by atoms with Gasteiger partial charge in [-0.1, -0.05) is 23.7 Å². The molecule has 0 aliphatic rings. The topological polar surface area (TPSA) is 54.4 Å². The monoisotopic (exact) mass is 273 g/mol. The van der Waals surface area contributed by atoms with Crippen molar-refractivity contribution >= 4 is 23.7 Å². The second-order valence-electron chi connectivity index (χ2n) is 3.97. The fourth-order valence-corrected chi connectivity index (χ4v) is 1.80. The van der Waals surface area contributed by atoms with Crippen LogP contribution in [-0.2, 0) is 0 Å². The highest BCUT2D eigenvalue weighted by atomic mass is 35.5. The van der Waals surface area contributed by atoms with Gasteiger partial charge < -0.3 is 0 Å². The van der Waals surface area contributed by atoms with Crippen molar-refractivity contribution in [3.05, 3.63) is 64.4 Å². The molecule has 0 saturated carbocycles. The number of aromatic nitrogens is 1. The van der Waals surface area contributed by atoms with E-state index in [0.717, 1.165) is 11.1 Å². The molecule has 2 aromatic rings. The average molecular weight is 274 g/mol. The highest BCUT2D eigenvalue weighted by Crippen LogP contribution is 2.17. The van der Waals surface area contributed by atoms with Crippen LogP contribution in [-0.4, -0.2) is 17.1 Å². The number of benzene rings is 1. The number of hydrazone groups is 1. The molecule has 4 nitrogen and oxygen atoms in total. The number of rotatable bonds is 3. The minimum atomic E-state index is -0.342. The molecule has 0 fully saturated rings. The van der Waals surface area contributed by atoms with Gasteiger partial charge in [0.2, 0.25) is 0 Å². The summed E-state index contributed by atoms with van der Waals surface area (Å²) in [7, 11) is 0. The van der Waals surface area contributed by atoms with Gasteiger partial charge in [-0.2, -0.15) is 5.10 Å². The van der Waals surface area contributed by atoms with Crippen LogP contribution in [0.3, 0.4) is 0 Å². The summed E-state index contributed by atoms with van der Waals surface area (Å²) in [6.45, 7) is 1.91. The molecule has 5 heteroatoms. The first-order chi connectivity index (χ1) is 9.16. The lowest BCUT2D eigenvalue weighted by atomic mass is 10.1. The van der Waals surface area contributed by atoms with Crippen molar-refractivity contribution in [3.63, 3.8) is 0 Å². The molecule has 0 atom stereocenters. The number of hydrogen-bond donors (Lipinski definition) is 1. The maximum Gasteiger partial charge on any atom is 0.272 e. The van der Waals surface area contributed by atoms with Crippen LogP contribution < -0.4 is 5.43 Å². The summed E-state index contributed by atoms with van der Waals surface area (Å²) in [6.07, 6.45) is 4.84. The first-order valence-electron chi connectivity index (χ1n) is 5.66. The zero-order chi connectivity index (χ0) is 13.7. The molecule has 0 saturated heterocycles. The molecule has 0 unspecified atom stereocenters. The van der Waals surface area contributed by atoms with Crippen molar-refractivity contribution < 1.29 is 4.79 Å². The average Bonchev–Trinajstić information content (AvgIpc) is 2.39. The highest BCUT2D eigenvalue weighted by molar-refractivity contribution is 6.33. The number of nitrogens with one attached hydrogen (secondary N) is 1. The minimum absolute atomic E-state index is 0.342. The molecule has 1 heterocycles. The van der Waals surface area contributed by atoms with Crippen LogP contribution in [0, 0.1) is 6.92 Å². The molecule has 96 valence electrons. The largest absolute Gasteiger partial charge is 0.272 e. The van der Waals surface area contributed by atoms with E-state index >= 15 is 0 Å². The lowest BCUT2D eigenvalue weighted by Crippen LogP contribution is -2.18. The summed E-state index contributed by atoms with van der Waals surface area (Å²) < 4.78 is 0. The quantitative estimate of drug-likeness (QED) is 0.691.